The number of benzene rings is 1. The van der Waals surface area contributed by atoms with Crippen molar-refractivity contribution in [2.45, 2.75) is 39.7 Å². The van der Waals surface area contributed by atoms with E-state index in [-0.39, 0.29) is 18.0 Å². The molecule has 1 aliphatic heterocycles. The topological polar surface area (TPSA) is 129 Å². The van der Waals surface area contributed by atoms with Gasteiger partial charge in [0.1, 0.15) is 12.4 Å². The van der Waals surface area contributed by atoms with Crippen molar-refractivity contribution in [2.75, 3.05) is 13.1 Å². The van der Waals surface area contributed by atoms with Gasteiger partial charge >= 0.3 is 0 Å². The van der Waals surface area contributed by atoms with Gasteiger partial charge in [-0.2, -0.15) is 0 Å². The summed E-state index contributed by atoms with van der Waals surface area (Å²) < 4.78 is 3.23. The largest absolute Gasteiger partial charge is 0.387 e. The fourth-order valence-electron chi connectivity index (χ4n) is 4.69. The number of nitrogens with zero attached hydrogens (tertiary/aromatic N) is 4. The molecule has 4 N–H and O–H groups in total. The average molecular weight is 489 g/mol. The Labute approximate surface area is 209 Å². The number of rotatable bonds is 8. The Morgan fingerprint density at radius 3 is 2.50 bits per heavy atom. The lowest BCUT2D eigenvalue weighted by atomic mass is 10.0. The number of aromatic nitrogens is 2. The van der Waals surface area contributed by atoms with E-state index in [1.807, 2.05) is 40.8 Å². The monoisotopic (exact) mass is 488 g/mol. The lowest BCUT2D eigenvalue weighted by Crippen LogP contribution is -2.34. The Bertz CT molecular complexity index is 1450. The molecule has 188 valence electrons. The number of carbonyl (C=O) groups is 2. The second kappa shape index (κ2) is 10.2. The van der Waals surface area contributed by atoms with Gasteiger partial charge in [0.25, 0.3) is 5.56 Å². The van der Waals surface area contributed by atoms with E-state index in [4.69, 9.17) is 11.5 Å². The van der Waals surface area contributed by atoms with Crippen LogP contribution in [0.4, 0.5) is 5.69 Å². The number of fused-ring (bicyclic) bond motifs is 2. The maximum absolute atomic E-state index is 13.2. The van der Waals surface area contributed by atoms with E-state index in [9.17, 15) is 14.4 Å². The summed E-state index contributed by atoms with van der Waals surface area (Å²) in [5.74, 6) is -0.202. The van der Waals surface area contributed by atoms with Crippen molar-refractivity contribution in [1.82, 2.24) is 14.0 Å². The van der Waals surface area contributed by atoms with Gasteiger partial charge in [0.05, 0.1) is 16.6 Å². The zero-order chi connectivity index (χ0) is 26.0. The predicted molar refractivity (Wildman–Crippen MR) is 143 cm³/mol. The summed E-state index contributed by atoms with van der Waals surface area (Å²) in [6, 6.07) is 9.38. The predicted octanol–water partition coefficient (Wildman–Crippen LogP) is 2.92. The molecular formula is C27H32N6O3. The third kappa shape index (κ3) is 4.82. The first-order valence-electron chi connectivity index (χ1n) is 12.2. The van der Waals surface area contributed by atoms with Crippen molar-refractivity contribution in [3.63, 3.8) is 0 Å². The van der Waals surface area contributed by atoms with Crippen LogP contribution in [-0.2, 0) is 23.2 Å². The van der Waals surface area contributed by atoms with Crippen LogP contribution in [0.5, 0.6) is 0 Å². The van der Waals surface area contributed by atoms with Crippen LogP contribution in [0, 0.1) is 0 Å². The summed E-state index contributed by atoms with van der Waals surface area (Å²) in [5.41, 5.74) is 15.8. The minimum Gasteiger partial charge on any atom is -0.387 e. The van der Waals surface area contributed by atoms with E-state index in [2.05, 4.69) is 18.8 Å². The minimum atomic E-state index is -0.577. The molecule has 0 unspecified atom stereocenters. The molecule has 1 aliphatic rings. The molecule has 0 atom stereocenters. The first-order chi connectivity index (χ1) is 17.2. The number of primary amides is 1. The number of hydrogen-bond acceptors (Lipinski definition) is 5. The molecule has 0 radical (unpaired) electrons. The molecule has 0 fully saturated rings. The highest BCUT2D eigenvalue weighted by Crippen LogP contribution is 2.33. The zero-order valence-electron chi connectivity index (χ0n) is 21.0. The molecule has 9 nitrogen and oxygen atoms in total. The molecule has 3 heterocycles. The Morgan fingerprint density at radius 1 is 1.11 bits per heavy atom. The molecule has 0 saturated carbocycles. The molecule has 2 amide bonds. The van der Waals surface area contributed by atoms with E-state index < -0.39 is 5.91 Å². The molecule has 0 saturated heterocycles. The zero-order valence-corrected chi connectivity index (χ0v) is 21.0. The van der Waals surface area contributed by atoms with Crippen molar-refractivity contribution in [2.24, 2.45) is 23.5 Å². The Hall–Kier alpha value is -4.14. The van der Waals surface area contributed by atoms with E-state index in [0.717, 1.165) is 35.2 Å². The van der Waals surface area contributed by atoms with Gasteiger partial charge in [0.2, 0.25) is 11.8 Å². The second-order valence-corrected chi connectivity index (χ2v) is 9.12. The molecule has 4 rings (SSSR count). The Balaban J connectivity index is 1.75. The van der Waals surface area contributed by atoms with E-state index >= 15 is 0 Å². The number of carbonyl (C=O) groups excluding carboxylic acids is 2. The third-order valence-electron chi connectivity index (χ3n) is 6.35. The fourth-order valence-corrected chi connectivity index (χ4v) is 4.69. The van der Waals surface area contributed by atoms with E-state index in [1.54, 1.807) is 18.3 Å². The number of pyridine rings is 1. The van der Waals surface area contributed by atoms with Gasteiger partial charge in [0, 0.05) is 55.1 Å². The highest BCUT2D eigenvalue weighted by atomic mass is 16.2. The smallest absolute Gasteiger partial charge is 0.260 e. The maximum Gasteiger partial charge on any atom is 0.260 e. The molecule has 0 aliphatic carbocycles. The molecule has 2 aromatic heterocycles. The van der Waals surface area contributed by atoms with Crippen molar-refractivity contribution < 1.29 is 9.59 Å². The first kappa shape index (κ1) is 25.0. The average Bonchev–Trinajstić information content (AvgIpc) is 3.07. The van der Waals surface area contributed by atoms with Gasteiger partial charge in [-0.3, -0.25) is 14.4 Å². The van der Waals surface area contributed by atoms with E-state index in [0.29, 0.717) is 42.0 Å². The first-order valence-corrected chi connectivity index (χ1v) is 12.2. The van der Waals surface area contributed by atoms with Crippen LogP contribution in [0.25, 0.3) is 28.2 Å². The molecule has 9 heteroatoms. The highest BCUT2D eigenvalue weighted by Gasteiger charge is 2.21. The van der Waals surface area contributed by atoms with Gasteiger partial charge in [-0.1, -0.05) is 26.0 Å². The summed E-state index contributed by atoms with van der Waals surface area (Å²) in [6.45, 7) is 5.35. The van der Waals surface area contributed by atoms with Crippen LogP contribution in [0.3, 0.4) is 0 Å². The standard InChI is InChI=1S/C27H32N6O3/c1-4-9-32(10-5-2)26(35)19-12-17-6-7-18(13-21(17)30-24(28)14-19)23-15-20-22(31(23)3)8-11-33(27(20)36)16-25(29)34/h6-8,11-13,15H,4-5,9-10,14,16H2,1-3H3,(H2,28,30)(H2,29,34). The molecule has 3 aromatic rings. The molecule has 1 aromatic carbocycles. The SMILES string of the molecule is CCCN(CCC)C(=O)C1=Cc2ccc(-c3cc4c(=O)n(CC(N)=O)ccc4n3C)cc2N=C(N)C1. The van der Waals surface area contributed by atoms with Gasteiger partial charge < -0.3 is 25.5 Å². The van der Waals surface area contributed by atoms with Crippen LogP contribution in [-0.4, -0.2) is 44.8 Å². The molecular weight excluding hydrogens is 456 g/mol. The summed E-state index contributed by atoms with van der Waals surface area (Å²) >= 11 is 0. The van der Waals surface area contributed by atoms with Crippen LogP contribution in [0.2, 0.25) is 0 Å². The van der Waals surface area contributed by atoms with Crippen LogP contribution < -0.4 is 17.0 Å². The molecule has 0 bridgehead atoms. The third-order valence-corrected chi connectivity index (χ3v) is 6.35. The minimum absolute atomic E-state index is 0.00491. The normalized spacial score (nSPS) is 13.1. The summed E-state index contributed by atoms with van der Waals surface area (Å²) in [7, 11) is 1.88. The fraction of sp³-hybridized carbons (Fsp3) is 0.333. The number of aryl methyl sites for hydroxylation is 1. The van der Waals surface area contributed by atoms with Crippen molar-refractivity contribution >= 4 is 40.3 Å². The van der Waals surface area contributed by atoms with Crippen LogP contribution in [0.1, 0.15) is 38.7 Å². The molecule has 0 spiro atoms. The van der Waals surface area contributed by atoms with Crippen LogP contribution >= 0.6 is 0 Å². The summed E-state index contributed by atoms with van der Waals surface area (Å²) in [5, 5.41) is 0.494. The lowest BCUT2D eigenvalue weighted by molar-refractivity contribution is -0.127. The van der Waals surface area contributed by atoms with Gasteiger partial charge in [0.15, 0.2) is 0 Å². The summed E-state index contributed by atoms with van der Waals surface area (Å²) in [4.78, 5) is 43.9. The number of aliphatic imine (C=N–C) groups is 1. The molecule has 36 heavy (non-hydrogen) atoms. The quantitative estimate of drug-likeness (QED) is 0.505. The van der Waals surface area contributed by atoms with Crippen molar-refractivity contribution in [1.29, 1.82) is 0 Å². The van der Waals surface area contributed by atoms with Crippen molar-refractivity contribution in [3.05, 3.63) is 58.0 Å². The Kier molecular flexibility index (Phi) is 7.10. The van der Waals surface area contributed by atoms with Gasteiger partial charge in [-0.25, -0.2) is 4.99 Å². The number of nitrogens with two attached hydrogens (primary N) is 2. The number of amidine groups is 1. The van der Waals surface area contributed by atoms with Crippen LogP contribution in [0.15, 0.2) is 51.9 Å². The van der Waals surface area contributed by atoms with Crippen molar-refractivity contribution in [3.8, 4) is 11.3 Å². The second-order valence-electron chi connectivity index (χ2n) is 9.12. The Morgan fingerprint density at radius 2 is 1.83 bits per heavy atom. The highest BCUT2D eigenvalue weighted by molar-refractivity contribution is 6.05. The van der Waals surface area contributed by atoms with E-state index in [1.165, 1.54) is 4.57 Å². The van der Waals surface area contributed by atoms with Gasteiger partial charge in [-0.05, 0) is 37.1 Å². The lowest BCUT2D eigenvalue weighted by Gasteiger charge is -2.22. The number of amides is 2. The maximum atomic E-state index is 13.2. The van der Waals surface area contributed by atoms with Gasteiger partial charge in [-0.15, -0.1) is 0 Å². The number of hydrogen-bond donors (Lipinski definition) is 2. The summed E-state index contributed by atoms with van der Waals surface area (Å²) in [6.07, 6.45) is 5.53.